The summed E-state index contributed by atoms with van der Waals surface area (Å²) in [5, 5.41) is 10.3. The van der Waals surface area contributed by atoms with Gasteiger partial charge in [0.2, 0.25) is 0 Å². The minimum Gasteiger partial charge on any atom is -0.388 e. The van der Waals surface area contributed by atoms with Crippen LogP contribution < -0.4 is 0 Å². The molecule has 112 valence electrons. The number of hydrogen-bond acceptors (Lipinski definition) is 3. The Labute approximate surface area is 130 Å². The number of likely N-dealkylation sites (N-methyl/N-ethyl adjacent to an activating group) is 1. The van der Waals surface area contributed by atoms with E-state index >= 15 is 0 Å². The highest BCUT2D eigenvalue weighted by Crippen LogP contribution is 2.27. The molecule has 20 heavy (non-hydrogen) atoms. The SMILES string of the molecule is CC1CN(CCC(O)c2ccccc2Br)CC1N(C)C. The van der Waals surface area contributed by atoms with Gasteiger partial charge < -0.3 is 14.9 Å². The number of aliphatic hydroxyl groups is 1. The normalized spacial score (nSPS) is 25.3. The van der Waals surface area contributed by atoms with E-state index in [0.717, 1.165) is 36.1 Å². The highest BCUT2D eigenvalue weighted by atomic mass is 79.9. The lowest BCUT2D eigenvalue weighted by Gasteiger charge is -2.23. The smallest absolute Gasteiger partial charge is 0.0813 e. The van der Waals surface area contributed by atoms with E-state index in [2.05, 4.69) is 46.7 Å². The zero-order valence-corrected chi connectivity index (χ0v) is 14.2. The van der Waals surface area contributed by atoms with Crippen molar-refractivity contribution >= 4 is 15.9 Å². The summed E-state index contributed by atoms with van der Waals surface area (Å²) in [4.78, 5) is 4.78. The molecule has 0 radical (unpaired) electrons. The molecule has 3 unspecified atom stereocenters. The molecule has 0 spiro atoms. The monoisotopic (exact) mass is 340 g/mol. The van der Waals surface area contributed by atoms with Crippen molar-refractivity contribution in [1.29, 1.82) is 0 Å². The zero-order valence-electron chi connectivity index (χ0n) is 12.6. The largest absolute Gasteiger partial charge is 0.388 e. The van der Waals surface area contributed by atoms with Crippen molar-refractivity contribution in [3.05, 3.63) is 34.3 Å². The fourth-order valence-corrected chi connectivity index (χ4v) is 3.66. The van der Waals surface area contributed by atoms with Gasteiger partial charge in [0.25, 0.3) is 0 Å². The van der Waals surface area contributed by atoms with Crippen molar-refractivity contribution in [3.63, 3.8) is 0 Å². The van der Waals surface area contributed by atoms with Crippen LogP contribution in [0.25, 0.3) is 0 Å². The molecular weight excluding hydrogens is 316 g/mol. The Balaban J connectivity index is 1.86. The Morgan fingerprint density at radius 3 is 2.65 bits per heavy atom. The predicted octanol–water partition coefficient (Wildman–Crippen LogP) is 2.75. The van der Waals surface area contributed by atoms with Crippen molar-refractivity contribution in [2.45, 2.75) is 25.5 Å². The number of rotatable bonds is 5. The number of hydrogen-bond donors (Lipinski definition) is 1. The molecule has 1 aromatic rings. The van der Waals surface area contributed by atoms with E-state index in [1.807, 2.05) is 24.3 Å². The summed E-state index contributed by atoms with van der Waals surface area (Å²) in [5.74, 6) is 0.700. The molecular formula is C16H25BrN2O. The van der Waals surface area contributed by atoms with E-state index in [-0.39, 0.29) is 6.10 Å². The molecule has 0 aliphatic carbocycles. The molecule has 0 bridgehead atoms. The summed E-state index contributed by atoms with van der Waals surface area (Å²) >= 11 is 3.51. The van der Waals surface area contributed by atoms with Gasteiger partial charge in [-0.1, -0.05) is 41.1 Å². The van der Waals surface area contributed by atoms with Crippen LogP contribution in [0, 0.1) is 5.92 Å². The van der Waals surface area contributed by atoms with Gasteiger partial charge in [-0.2, -0.15) is 0 Å². The number of aliphatic hydroxyl groups excluding tert-OH is 1. The maximum atomic E-state index is 10.3. The van der Waals surface area contributed by atoms with Gasteiger partial charge in [-0.15, -0.1) is 0 Å². The summed E-state index contributed by atoms with van der Waals surface area (Å²) < 4.78 is 0.994. The average molecular weight is 341 g/mol. The third kappa shape index (κ3) is 3.82. The van der Waals surface area contributed by atoms with Crippen LogP contribution in [0.4, 0.5) is 0 Å². The van der Waals surface area contributed by atoms with E-state index in [1.165, 1.54) is 0 Å². The lowest BCUT2D eigenvalue weighted by atomic mass is 10.1. The Morgan fingerprint density at radius 1 is 1.35 bits per heavy atom. The van der Waals surface area contributed by atoms with E-state index in [9.17, 15) is 5.11 Å². The number of benzene rings is 1. The van der Waals surface area contributed by atoms with Gasteiger partial charge in [-0.25, -0.2) is 0 Å². The lowest BCUT2D eigenvalue weighted by molar-refractivity contribution is 0.146. The first-order valence-electron chi connectivity index (χ1n) is 7.30. The molecule has 1 heterocycles. The van der Waals surface area contributed by atoms with Crippen molar-refractivity contribution in [1.82, 2.24) is 9.80 Å². The second kappa shape index (κ2) is 7.03. The molecule has 0 amide bonds. The summed E-state index contributed by atoms with van der Waals surface area (Å²) in [6.45, 7) is 5.51. The standard InChI is InChI=1S/C16H25BrN2O/c1-12-10-19(11-15(12)18(2)3)9-8-16(20)13-6-4-5-7-14(13)17/h4-7,12,15-16,20H,8-11H2,1-3H3. The van der Waals surface area contributed by atoms with Crippen molar-refractivity contribution in [3.8, 4) is 0 Å². The Bertz CT molecular complexity index is 438. The second-order valence-electron chi connectivity index (χ2n) is 6.09. The fourth-order valence-electron chi connectivity index (χ4n) is 3.11. The third-order valence-corrected chi connectivity index (χ3v) is 5.02. The molecule has 0 saturated carbocycles. The molecule has 1 saturated heterocycles. The molecule has 1 fully saturated rings. The summed E-state index contributed by atoms with van der Waals surface area (Å²) in [5.41, 5.74) is 0.990. The van der Waals surface area contributed by atoms with Crippen molar-refractivity contribution < 1.29 is 5.11 Å². The summed E-state index contributed by atoms with van der Waals surface area (Å²) in [7, 11) is 4.31. The molecule has 2 rings (SSSR count). The second-order valence-corrected chi connectivity index (χ2v) is 6.95. The quantitative estimate of drug-likeness (QED) is 0.892. The Kier molecular flexibility index (Phi) is 5.61. The average Bonchev–Trinajstić information content (AvgIpc) is 2.78. The topological polar surface area (TPSA) is 26.7 Å². The van der Waals surface area contributed by atoms with Crippen LogP contribution in [-0.2, 0) is 0 Å². The van der Waals surface area contributed by atoms with Gasteiger partial charge in [-0.3, -0.25) is 0 Å². The van der Waals surface area contributed by atoms with Crippen LogP contribution in [0.3, 0.4) is 0 Å². The predicted molar refractivity (Wildman–Crippen MR) is 86.8 cm³/mol. The van der Waals surface area contributed by atoms with Crippen LogP contribution in [-0.4, -0.2) is 54.7 Å². The van der Waals surface area contributed by atoms with Crippen molar-refractivity contribution in [2.75, 3.05) is 33.7 Å². The molecule has 3 atom stereocenters. The van der Waals surface area contributed by atoms with Gasteiger partial charge in [0, 0.05) is 30.1 Å². The first-order chi connectivity index (χ1) is 9.49. The van der Waals surface area contributed by atoms with E-state index in [4.69, 9.17) is 0 Å². The zero-order chi connectivity index (χ0) is 14.7. The third-order valence-electron chi connectivity index (χ3n) is 4.29. The minimum atomic E-state index is -0.390. The minimum absolute atomic E-state index is 0.390. The van der Waals surface area contributed by atoms with Gasteiger partial charge in [0.05, 0.1) is 6.10 Å². The van der Waals surface area contributed by atoms with Crippen LogP contribution in [0.5, 0.6) is 0 Å². The molecule has 4 heteroatoms. The lowest BCUT2D eigenvalue weighted by Crippen LogP contribution is -2.34. The van der Waals surface area contributed by atoms with Crippen LogP contribution in [0.15, 0.2) is 28.7 Å². The molecule has 1 aliphatic heterocycles. The Hall–Kier alpha value is -0.420. The maximum Gasteiger partial charge on any atom is 0.0813 e. The van der Waals surface area contributed by atoms with E-state index in [1.54, 1.807) is 0 Å². The molecule has 3 nitrogen and oxygen atoms in total. The molecule has 1 aromatic carbocycles. The molecule has 1 N–H and O–H groups in total. The highest BCUT2D eigenvalue weighted by Gasteiger charge is 2.30. The number of halogens is 1. The fraction of sp³-hybridized carbons (Fsp3) is 0.625. The first-order valence-corrected chi connectivity index (χ1v) is 8.09. The summed E-state index contributed by atoms with van der Waals surface area (Å²) in [6, 6.07) is 8.56. The van der Waals surface area contributed by atoms with Crippen LogP contribution in [0.1, 0.15) is 25.0 Å². The summed E-state index contributed by atoms with van der Waals surface area (Å²) in [6.07, 6.45) is 0.398. The van der Waals surface area contributed by atoms with Crippen LogP contribution in [0.2, 0.25) is 0 Å². The number of likely N-dealkylation sites (tertiary alicyclic amines) is 1. The van der Waals surface area contributed by atoms with Gasteiger partial charge in [-0.05, 0) is 38.1 Å². The van der Waals surface area contributed by atoms with Gasteiger partial charge in [0.15, 0.2) is 0 Å². The first kappa shape index (κ1) is 16.0. The molecule has 0 aromatic heterocycles. The number of nitrogens with zero attached hydrogens (tertiary/aromatic N) is 2. The Morgan fingerprint density at radius 2 is 2.05 bits per heavy atom. The maximum absolute atomic E-state index is 10.3. The molecule has 1 aliphatic rings. The van der Waals surface area contributed by atoms with Crippen molar-refractivity contribution in [2.24, 2.45) is 5.92 Å². The van der Waals surface area contributed by atoms with E-state index < -0.39 is 0 Å². The highest BCUT2D eigenvalue weighted by molar-refractivity contribution is 9.10. The van der Waals surface area contributed by atoms with Gasteiger partial charge in [0.1, 0.15) is 0 Å². The van der Waals surface area contributed by atoms with E-state index in [0.29, 0.717) is 12.0 Å². The van der Waals surface area contributed by atoms with Crippen LogP contribution >= 0.6 is 15.9 Å². The van der Waals surface area contributed by atoms with Gasteiger partial charge >= 0.3 is 0 Å².